The van der Waals surface area contributed by atoms with Crippen LogP contribution in [0, 0.1) is 0 Å². The van der Waals surface area contributed by atoms with E-state index < -0.39 is 17.7 Å². The zero-order valence-electron chi connectivity index (χ0n) is 12.9. The van der Waals surface area contributed by atoms with Crippen molar-refractivity contribution in [2.75, 3.05) is 7.05 Å². The predicted molar refractivity (Wildman–Crippen MR) is 83.0 cm³/mol. The summed E-state index contributed by atoms with van der Waals surface area (Å²) in [4.78, 5) is 12.3. The van der Waals surface area contributed by atoms with Crippen LogP contribution in [0.2, 0.25) is 0 Å². The first kappa shape index (κ1) is 15.5. The Bertz CT molecular complexity index is 720. The van der Waals surface area contributed by atoms with Gasteiger partial charge in [0.25, 0.3) is 5.79 Å². The molecular formula is C18H17F2NO2. The van der Waals surface area contributed by atoms with Crippen molar-refractivity contribution in [1.82, 2.24) is 4.90 Å². The van der Waals surface area contributed by atoms with E-state index in [-0.39, 0.29) is 12.0 Å². The average Bonchev–Trinajstić information content (AvgIpc) is 2.77. The lowest BCUT2D eigenvalue weighted by Gasteiger charge is -2.33. The van der Waals surface area contributed by atoms with Gasteiger partial charge in [0.05, 0.1) is 0 Å². The summed E-state index contributed by atoms with van der Waals surface area (Å²) in [6, 6.07) is 16.0. The van der Waals surface area contributed by atoms with Crippen molar-refractivity contribution in [1.29, 1.82) is 0 Å². The van der Waals surface area contributed by atoms with Crippen molar-refractivity contribution < 1.29 is 18.3 Å². The van der Waals surface area contributed by atoms with Crippen LogP contribution in [0.3, 0.4) is 0 Å². The van der Waals surface area contributed by atoms with Crippen molar-refractivity contribution in [2.24, 2.45) is 0 Å². The van der Waals surface area contributed by atoms with E-state index in [0.29, 0.717) is 4.90 Å². The summed E-state index contributed by atoms with van der Waals surface area (Å²) in [6.07, 6.45) is -1.29. The summed E-state index contributed by atoms with van der Waals surface area (Å²) in [5, 5.41) is 0. The Labute approximate surface area is 133 Å². The molecule has 1 fully saturated rings. The molecule has 0 N–H and O–H groups in total. The van der Waals surface area contributed by atoms with Gasteiger partial charge in [-0.25, -0.2) is 9.18 Å². The summed E-state index contributed by atoms with van der Waals surface area (Å²) in [6.45, 7) is 1.44. The van der Waals surface area contributed by atoms with Gasteiger partial charge >= 0.3 is 11.9 Å². The maximum atomic E-state index is 15.5. The molecule has 0 aliphatic carbocycles. The van der Waals surface area contributed by atoms with Gasteiger partial charge in [-0.05, 0) is 11.1 Å². The lowest BCUT2D eigenvalue weighted by Crippen LogP contribution is -2.48. The fourth-order valence-electron chi connectivity index (χ4n) is 2.88. The van der Waals surface area contributed by atoms with E-state index >= 15 is 4.39 Å². The molecular weight excluding hydrogens is 300 g/mol. The second-order valence-corrected chi connectivity index (χ2v) is 5.57. The summed E-state index contributed by atoms with van der Waals surface area (Å²) >= 11 is 0. The van der Waals surface area contributed by atoms with Crippen LogP contribution in [0.25, 0.3) is 11.1 Å². The van der Waals surface area contributed by atoms with Gasteiger partial charge in [0, 0.05) is 19.0 Å². The highest BCUT2D eigenvalue weighted by Crippen LogP contribution is 2.50. The molecule has 0 aromatic heterocycles. The predicted octanol–water partition coefficient (Wildman–Crippen LogP) is 4.63. The van der Waals surface area contributed by atoms with Gasteiger partial charge in [0.1, 0.15) is 0 Å². The van der Waals surface area contributed by atoms with E-state index in [1.807, 2.05) is 30.3 Å². The van der Waals surface area contributed by atoms with Gasteiger partial charge < -0.3 is 4.74 Å². The highest BCUT2D eigenvalue weighted by Gasteiger charge is 2.67. The maximum absolute atomic E-state index is 15.5. The Balaban J connectivity index is 2.02. The Morgan fingerprint density at radius 3 is 2.13 bits per heavy atom. The molecule has 0 bridgehead atoms. The molecule has 1 amide bonds. The highest BCUT2D eigenvalue weighted by molar-refractivity contribution is 5.72. The second-order valence-electron chi connectivity index (χ2n) is 5.57. The number of cyclic esters (lactones) is 1. The van der Waals surface area contributed by atoms with Crippen LogP contribution in [-0.2, 0) is 10.5 Å². The third kappa shape index (κ3) is 2.19. The molecule has 1 heterocycles. The summed E-state index contributed by atoms with van der Waals surface area (Å²) in [5.41, 5.74) is 1.91. The zero-order valence-corrected chi connectivity index (χ0v) is 12.9. The topological polar surface area (TPSA) is 29.5 Å². The highest BCUT2D eigenvalue weighted by atomic mass is 19.2. The average molecular weight is 317 g/mol. The lowest BCUT2D eigenvalue weighted by molar-refractivity contribution is -0.188. The van der Waals surface area contributed by atoms with Gasteiger partial charge in [-0.15, -0.1) is 0 Å². The normalized spacial score (nSPS) is 27.1. The van der Waals surface area contributed by atoms with Crippen LogP contribution in [-0.4, -0.2) is 23.9 Å². The number of amides is 1. The fourth-order valence-corrected chi connectivity index (χ4v) is 2.88. The third-order valence-electron chi connectivity index (χ3n) is 4.31. The van der Waals surface area contributed by atoms with Gasteiger partial charge in [-0.3, -0.25) is 4.90 Å². The fraction of sp³-hybridized carbons (Fsp3) is 0.278. The van der Waals surface area contributed by atoms with Gasteiger partial charge in [0.2, 0.25) is 0 Å². The molecule has 120 valence electrons. The minimum absolute atomic E-state index is 0.0508. The number of ether oxygens (including phenoxy) is 1. The third-order valence-corrected chi connectivity index (χ3v) is 4.31. The van der Waals surface area contributed by atoms with Gasteiger partial charge in [0.15, 0.2) is 0 Å². The number of alkyl halides is 2. The monoisotopic (exact) mass is 317 g/mol. The SMILES string of the molecule is CCC1(F)OC(=O)N(C)C1(F)c1ccc(-c2ccccc2)cc1. The Morgan fingerprint density at radius 1 is 1.00 bits per heavy atom. The van der Waals surface area contributed by atoms with E-state index in [0.717, 1.165) is 11.1 Å². The van der Waals surface area contributed by atoms with Crippen LogP contribution in [0.5, 0.6) is 0 Å². The molecule has 5 heteroatoms. The number of benzene rings is 2. The number of halogens is 2. The quantitative estimate of drug-likeness (QED) is 0.772. The largest absolute Gasteiger partial charge is 0.415 e. The van der Waals surface area contributed by atoms with Crippen LogP contribution in [0.15, 0.2) is 54.6 Å². The summed E-state index contributed by atoms with van der Waals surface area (Å²) < 4.78 is 35.0. The second kappa shape index (κ2) is 5.33. The molecule has 1 saturated heterocycles. The molecule has 2 unspecified atom stereocenters. The first-order chi connectivity index (χ1) is 10.9. The van der Waals surface area contributed by atoms with Crippen LogP contribution < -0.4 is 0 Å². The number of rotatable bonds is 3. The molecule has 1 aliphatic heterocycles. The van der Waals surface area contributed by atoms with E-state index in [1.165, 1.54) is 26.1 Å². The number of hydrogen-bond acceptors (Lipinski definition) is 2. The van der Waals surface area contributed by atoms with Crippen LogP contribution in [0.1, 0.15) is 18.9 Å². The maximum Gasteiger partial charge on any atom is 0.415 e. The number of likely N-dealkylation sites (N-methyl/N-ethyl adjacent to an activating group) is 1. The molecule has 0 radical (unpaired) electrons. The summed E-state index contributed by atoms with van der Waals surface area (Å²) in [7, 11) is 1.20. The van der Waals surface area contributed by atoms with Crippen molar-refractivity contribution in [3.8, 4) is 11.1 Å². The minimum atomic E-state index is -2.70. The standard InChI is InChI=1S/C18H17F2NO2/c1-3-17(19)18(20,21(2)16(22)23-17)15-11-9-14(10-12-15)13-7-5-4-6-8-13/h4-12H,3H2,1-2H3. The molecule has 23 heavy (non-hydrogen) atoms. The smallest absolute Gasteiger partial charge is 0.406 e. The van der Waals surface area contributed by atoms with Crippen molar-refractivity contribution in [2.45, 2.75) is 25.0 Å². The van der Waals surface area contributed by atoms with Gasteiger partial charge in [-0.2, -0.15) is 4.39 Å². The molecule has 3 nitrogen and oxygen atoms in total. The zero-order chi connectivity index (χ0) is 16.7. The van der Waals surface area contributed by atoms with Crippen LogP contribution in [0.4, 0.5) is 13.6 Å². The van der Waals surface area contributed by atoms with Crippen molar-refractivity contribution in [3.63, 3.8) is 0 Å². The molecule has 0 spiro atoms. The molecule has 0 saturated carbocycles. The van der Waals surface area contributed by atoms with Gasteiger partial charge in [-0.1, -0.05) is 61.5 Å². The number of carbonyl (C=O) groups is 1. The summed E-state index contributed by atoms with van der Waals surface area (Å²) in [5.74, 6) is -5.35. The number of hydrogen-bond donors (Lipinski definition) is 0. The number of carbonyl (C=O) groups excluding carboxylic acids is 1. The number of nitrogens with zero attached hydrogens (tertiary/aromatic N) is 1. The molecule has 1 aliphatic rings. The first-order valence-corrected chi connectivity index (χ1v) is 7.43. The Hall–Kier alpha value is -2.43. The van der Waals surface area contributed by atoms with E-state index in [1.54, 1.807) is 12.1 Å². The van der Waals surface area contributed by atoms with Crippen molar-refractivity contribution >= 4 is 6.09 Å². The van der Waals surface area contributed by atoms with Crippen LogP contribution >= 0.6 is 0 Å². The molecule has 3 rings (SSSR count). The Morgan fingerprint density at radius 2 is 1.57 bits per heavy atom. The van der Waals surface area contributed by atoms with Crippen molar-refractivity contribution in [3.05, 3.63) is 60.2 Å². The molecule has 2 aromatic rings. The first-order valence-electron chi connectivity index (χ1n) is 7.43. The Kier molecular flexibility index (Phi) is 3.59. The molecule has 2 aromatic carbocycles. The van der Waals surface area contributed by atoms with E-state index in [2.05, 4.69) is 4.74 Å². The van der Waals surface area contributed by atoms with E-state index in [9.17, 15) is 9.18 Å². The lowest BCUT2D eigenvalue weighted by atomic mass is 9.92. The minimum Gasteiger partial charge on any atom is -0.406 e. The van der Waals surface area contributed by atoms with E-state index in [4.69, 9.17) is 0 Å². The molecule has 2 atom stereocenters.